The molecule has 1 N–H and O–H groups in total. The van der Waals surface area contributed by atoms with Gasteiger partial charge >= 0.3 is 6.18 Å². The second-order valence-corrected chi connectivity index (χ2v) is 7.24. The van der Waals surface area contributed by atoms with E-state index in [1.165, 1.54) is 50.7 Å². The van der Waals surface area contributed by atoms with Crippen LogP contribution in [0.2, 0.25) is 0 Å². The van der Waals surface area contributed by atoms with Crippen molar-refractivity contribution in [2.45, 2.75) is 57.2 Å². The van der Waals surface area contributed by atoms with Gasteiger partial charge in [-0.3, -0.25) is 0 Å². The predicted octanol–water partition coefficient (Wildman–Crippen LogP) is 4.84. The van der Waals surface area contributed by atoms with Crippen LogP contribution in [0.3, 0.4) is 0 Å². The molecule has 0 amide bonds. The number of anilines is 1. The van der Waals surface area contributed by atoms with Crippen LogP contribution in [0.15, 0.2) is 24.3 Å². The topological polar surface area (TPSA) is 15.3 Å². The molecule has 1 saturated heterocycles. The number of halogens is 3. The van der Waals surface area contributed by atoms with Crippen LogP contribution >= 0.6 is 0 Å². The van der Waals surface area contributed by atoms with Crippen molar-refractivity contribution in [3.05, 3.63) is 29.8 Å². The minimum atomic E-state index is -4.26. The largest absolute Gasteiger partial charge is 0.416 e. The summed E-state index contributed by atoms with van der Waals surface area (Å²) < 4.78 is 38.0. The number of nitrogens with zero attached hydrogens (tertiary/aromatic N) is 1. The third-order valence-electron chi connectivity index (χ3n) is 5.38. The highest BCUT2D eigenvalue weighted by atomic mass is 19.4. The fourth-order valence-electron chi connectivity index (χ4n) is 3.97. The zero-order valence-electron chi connectivity index (χ0n) is 14.1. The van der Waals surface area contributed by atoms with E-state index in [2.05, 4.69) is 10.2 Å². The van der Waals surface area contributed by atoms with Gasteiger partial charge < -0.3 is 10.2 Å². The van der Waals surface area contributed by atoms with E-state index in [0.717, 1.165) is 31.7 Å². The molecule has 0 radical (unpaired) electrons. The Morgan fingerprint density at radius 3 is 2.33 bits per heavy atom. The zero-order chi connectivity index (χ0) is 17.0. The summed E-state index contributed by atoms with van der Waals surface area (Å²) in [5.74, 6) is 0.586. The highest BCUT2D eigenvalue weighted by molar-refractivity contribution is 5.48. The van der Waals surface area contributed by atoms with Crippen LogP contribution in [-0.2, 0) is 6.18 Å². The Hall–Kier alpha value is -1.23. The van der Waals surface area contributed by atoms with Crippen molar-refractivity contribution in [2.75, 3.05) is 24.5 Å². The van der Waals surface area contributed by atoms with E-state index < -0.39 is 11.7 Å². The molecule has 1 aromatic carbocycles. The summed E-state index contributed by atoms with van der Waals surface area (Å²) in [6.45, 7) is 2.90. The van der Waals surface area contributed by atoms with Gasteiger partial charge in [0.2, 0.25) is 0 Å². The predicted molar refractivity (Wildman–Crippen MR) is 91.3 cm³/mol. The number of alkyl halides is 3. The number of benzene rings is 1. The number of piperidine rings is 1. The molecule has 5 heteroatoms. The molecular weight excluding hydrogens is 313 g/mol. The van der Waals surface area contributed by atoms with Crippen LogP contribution in [0.1, 0.15) is 50.5 Å². The van der Waals surface area contributed by atoms with Gasteiger partial charge in [-0.15, -0.1) is 0 Å². The van der Waals surface area contributed by atoms with Crippen molar-refractivity contribution in [3.63, 3.8) is 0 Å². The number of nitrogens with one attached hydrogen (secondary N) is 1. The first-order valence-electron chi connectivity index (χ1n) is 9.18. The molecule has 3 rings (SSSR count). The Kier molecular flexibility index (Phi) is 5.69. The quantitative estimate of drug-likeness (QED) is 0.843. The van der Waals surface area contributed by atoms with Crippen molar-refractivity contribution < 1.29 is 13.2 Å². The number of hydrogen-bond acceptors (Lipinski definition) is 2. The first-order chi connectivity index (χ1) is 11.5. The van der Waals surface area contributed by atoms with E-state index in [1.54, 1.807) is 12.1 Å². The Morgan fingerprint density at radius 2 is 1.67 bits per heavy atom. The summed E-state index contributed by atoms with van der Waals surface area (Å²) in [4.78, 5) is 2.23. The first-order valence-corrected chi connectivity index (χ1v) is 9.18. The normalized spacial score (nSPS) is 23.5. The summed E-state index contributed by atoms with van der Waals surface area (Å²) in [6, 6.07) is 6.28. The maximum atomic E-state index is 12.7. The second kappa shape index (κ2) is 7.77. The lowest BCUT2D eigenvalue weighted by molar-refractivity contribution is -0.137. The second-order valence-electron chi connectivity index (χ2n) is 7.24. The molecule has 2 aliphatic rings. The minimum absolute atomic E-state index is 0.571. The lowest BCUT2D eigenvalue weighted by Gasteiger charge is -2.35. The van der Waals surface area contributed by atoms with E-state index in [1.807, 2.05) is 0 Å². The molecule has 1 atom stereocenters. The monoisotopic (exact) mass is 340 g/mol. The standard InChI is InChI=1S/C19H27F3N2/c20-19(21,22)16-8-10-18(11-9-16)24-12-4-5-15(14-24)13-23-17-6-2-1-3-7-17/h8-11,15,17,23H,1-7,12-14H2. The lowest BCUT2D eigenvalue weighted by Crippen LogP contribution is -2.42. The fraction of sp³-hybridized carbons (Fsp3) is 0.684. The molecular formula is C19H27F3N2. The SMILES string of the molecule is FC(F)(F)c1ccc(N2CCCC(CNC3CCCCC3)C2)cc1. The van der Waals surface area contributed by atoms with Gasteiger partial charge in [0, 0.05) is 24.8 Å². The van der Waals surface area contributed by atoms with Gasteiger partial charge in [-0.1, -0.05) is 19.3 Å². The van der Waals surface area contributed by atoms with Gasteiger partial charge in [0.1, 0.15) is 0 Å². The van der Waals surface area contributed by atoms with Gasteiger partial charge in [-0.25, -0.2) is 0 Å². The third kappa shape index (κ3) is 4.65. The summed E-state index contributed by atoms with van der Waals surface area (Å²) >= 11 is 0. The van der Waals surface area contributed by atoms with Crippen molar-refractivity contribution >= 4 is 5.69 Å². The van der Waals surface area contributed by atoms with Gasteiger partial charge in [-0.2, -0.15) is 13.2 Å². The molecule has 1 aromatic rings. The van der Waals surface area contributed by atoms with Crippen molar-refractivity contribution in [3.8, 4) is 0 Å². The highest BCUT2D eigenvalue weighted by Gasteiger charge is 2.30. The Labute approximate surface area is 142 Å². The summed E-state index contributed by atoms with van der Waals surface area (Å²) in [5, 5.41) is 3.72. The fourth-order valence-corrected chi connectivity index (χ4v) is 3.97. The first kappa shape index (κ1) is 17.6. The molecule has 1 aliphatic heterocycles. The molecule has 2 fully saturated rings. The maximum Gasteiger partial charge on any atom is 0.416 e. The summed E-state index contributed by atoms with van der Waals surface area (Å²) in [6.07, 6.45) is 4.66. The molecule has 0 aromatic heterocycles. The zero-order valence-corrected chi connectivity index (χ0v) is 14.1. The van der Waals surface area contributed by atoms with E-state index in [0.29, 0.717) is 12.0 Å². The van der Waals surface area contributed by atoms with Gasteiger partial charge in [-0.05, 0) is 62.4 Å². The smallest absolute Gasteiger partial charge is 0.371 e. The van der Waals surface area contributed by atoms with Crippen LogP contribution in [0.4, 0.5) is 18.9 Å². The van der Waals surface area contributed by atoms with Crippen molar-refractivity contribution in [2.24, 2.45) is 5.92 Å². The summed E-state index contributed by atoms with van der Waals surface area (Å²) in [5.41, 5.74) is 0.337. The molecule has 0 bridgehead atoms. The van der Waals surface area contributed by atoms with Gasteiger partial charge in [0.15, 0.2) is 0 Å². The molecule has 1 saturated carbocycles. The lowest BCUT2D eigenvalue weighted by atomic mass is 9.93. The van der Waals surface area contributed by atoms with Crippen molar-refractivity contribution in [1.82, 2.24) is 5.32 Å². The Balaban J connectivity index is 1.53. The van der Waals surface area contributed by atoms with Gasteiger partial charge in [0.05, 0.1) is 5.56 Å². The third-order valence-corrected chi connectivity index (χ3v) is 5.38. The van der Waals surface area contributed by atoms with Crippen molar-refractivity contribution in [1.29, 1.82) is 0 Å². The number of hydrogen-bond donors (Lipinski definition) is 1. The van der Waals surface area contributed by atoms with E-state index in [4.69, 9.17) is 0 Å². The molecule has 24 heavy (non-hydrogen) atoms. The maximum absolute atomic E-state index is 12.7. The van der Waals surface area contributed by atoms with Crippen LogP contribution in [0.25, 0.3) is 0 Å². The number of rotatable bonds is 4. The van der Waals surface area contributed by atoms with Crippen LogP contribution in [0, 0.1) is 5.92 Å². The van der Waals surface area contributed by atoms with Crippen LogP contribution in [-0.4, -0.2) is 25.7 Å². The highest BCUT2D eigenvalue weighted by Crippen LogP contribution is 2.31. The van der Waals surface area contributed by atoms with E-state index in [-0.39, 0.29) is 0 Å². The van der Waals surface area contributed by atoms with Crippen LogP contribution < -0.4 is 10.2 Å². The van der Waals surface area contributed by atoms with E-state index >= 15 is 0 Å². The average molecular weight is 340 g/mol. The van der Waals surface area contributed by atoms with E-state index in [9.17, 15) is 13.2 Å². The average Bonchev–Trinajstić information content (AvgIpc) is 2.60. The van der Waals surface area contributed by atoms with Crippen LogP contribution in [0.5, 0.6) is 0 Å². The molecule has 1 heterocycles. The Morgan fingerprint density at radius 1 is 0.958 bits per heavy atom. The molecule has 2 nitrogen and oxygen atoms in total. The van der Waals surface area contributed by atoms with Gasteiger partial charge in [0.25, 0.3) is 0 Å². The Bertz CT molecular complexity index is 506. The summed E-state index contributed by atoms with van der Waals surface area (Å²) in [7, 11) is 0. The molecule has 1 aliphatic carbocycles. The molecule has 1 unspecified atom stereocenters. The molecule has 134 valence electrons. The minimum Gasteiger partial charge on any atom is -0.371 e. The molecule has 0 spiro atoms.